The fourth-order valence-corrected chi connectivity index (χ4v) is 9.11. The van der Waals surface area contributed by atoms with Crippen molar-refractivity contribution in [3.8, 4) is 0 Å². The summed E-state index contributed by atoms with van der Waals surface area (Å²) in [6.07, 6.45) is 20.4. The van der Waals surface area contributed by atoms with Crippen LogP contribution in [0.15, 0.2) is 0 Å². The van der Waals surface area contributed by atoms with Crippen molar-refractivity contribution in [3.63, 3.8) is 0 Å². The van der Waals surface area contributed by atoms with Crippen molar-refractivity contribution < 1.29 is 64.7 Å². The van der Waals surface area contributed by atoms with Crippen molar-refractivity contribution in [2.45, 2.75) is 273 Å². The molecule has 8 N–H and O–H groups in total. The zero-order valence-electron chi connectivity index (χ0n) is 38.3. The lowest BCUT2D eigenvalue weighted by atomic mass is 9.72. The Balaban J connectivity index is 2.07. The van der Waals surface area contributed by atoms with Crippen molar-refractivity contribution in [1.29, 1.82) is 0 Å². The number of aliphatic hydroxyl groups excluding tert-OH is 7. The number of unbranched alkanes of at least 4 members (excludes halogenated alkanes) is 28. The molecule has 2 saturated heterocycles. The fourth-order valence-electron chi connectivity index (χ4n) is 9.11. The van der Waals surface area contributed by atoms with Gasteiger partial charge in [-0.1, -0.05) is 194 Å². The van der Waals surface area contributed by atoms with E-state index in [4.69, 9.17) is 14.2 Å². The highest BCUT2D eigenvalue weighted by molar-refractivity contribution is 5.99. The lowest BCUT2D eigenvalue weighted by Crippen LogP contribution is -2.81. The first-order chi connectivity index (χ1) is 29.5. The summed E-state index contributed by atoms with van der Waals surface area (Å²) in [7, 11) is 0. The van der Waals surface area contributed by atoms with Gasteiger partial charge in [-0.2, -0.15) is 0 Å². The van der Waals surface area contributed by atoms with Crippen molar-refractivity contribution in [3.05, 3.63) is 0 Å². The number of ketones is 2. The van der Waals surface area contributed by atoms with E-state index >= 15 is 0 Å². The summed E-state index contributed by atoms with van der Waals surface area (Å²) < 4.78 is 17.5. The maximum atomic E-state index is 14.5. The molecular weight excluding hydrogens is 785 g/mol. The standard InChI is InChI=1S/C48H90O13/c1-3-5-7-9-11-13-15-17-19-21-23-25-27-29-31-33-40(52)47(58)45(57)43(55)39(36-50)60-48(47,61-46(37-51)44(56)42(54)38(35-49)59-46)41(53)34-32-30-28-26-24-22-20-18-16-14-12-10-8-6-4-2/h38-39,42-45,49-51,54-58H,3-37H2,1-2H3/t38-,39-,42-,43-,44+,45+,46?,47-,48+/m1/s1. The topological polar surface area (TPSA) is 224 Å². The van der Waals surface area contributed by atoms with Crippen molar-refractivity contribution in [2.75, 3.05) is 19.8 Å². The van der Waals surface area contributed by atoms with Gasteiger partial charge in [-0.25, -0.2) is 0 Å². The van der Waals surface area contributed by atoms with E-state index in [9.17, 15) is 50.4 Å². The zero-order valence-corrected chi connectivity index (χ0v) is 38.3. The highest BCUT2D eigenvalue weighted by atomic mass is 16.8. The summed E-state index contributed by atoms with van der Waals surface area (Å²) in [5.74, 6) is -8.03. The summed E-state index contributed by atoms with van der Waals surface area (Å²) in [5, 5.41) is 87.3. The average molecular weight is 875 g/mol. The summed E-state index contributed by atoms with van der Waals surface area (Å²) in [5.41, 5.74) is -3.28. The summed E-state index contributed by atoms with van der Waals surface area (Å²) >= 11 is 0. The number of aliphatic hydroxyl groups is 8. The van der Waals surface area contributed by atoms with Gasteiger partial charge in [0.05, 0.1) is 13.2 Å². The second kappa shape index (κ2) is 31.7. The molecular formula is C48H90O13. The number of carbonyl (C=O) groups excluding carboxylic acids is 2. The molecule has 0 aromatic rings. The van der Waals surface area contributed by atoms with E-state index in [2.05, 4.69) is 13.8 Å². The Morgan fingerprint density at radius 1 is 0.459 bits per heavy atom. The fraction of sp³-hybridized carbons (Fsp3) is 0.958. The first-order valence-electron chi connectivity index (χ1n) is 24.9. The van der Waals surface area contributed by atoms with Gasteiger partial charge in [0.15, 0.2) is 11.6 Å². The first-order valence-corrected chi connectivity index (χ1v) is 24.9. The van der Waals surface area contributed by atoms with Crippen LogP contribution in [-0.4, -0.2) is 126 Å². The van der Waals surface area contributed by atoms with Crippen LogP contribution in [0.1, 0.15) is 219 Å². The van der Waals surface area contributed by atoms with Crippen LogP contribution in [0.4, 0.5) is 0 Å². The molecule has 0 aliphatic carbocycles. The van der Waals surface area contributed by atoms with Gasteiger partial charge in [0.1, 0.15) is 43.2 Å². The third-order valence-electron chi connectivity index (χ3n) is 13.2. The molecule has 2 heterocycles. The minimum atomic E-state index is -3.28. The molecule has 0 aromatic carbocycles. The number of rotatable bonds is 39. The van der Waals surface area contributed by atoms with Gasteiger partial charge in [-0.15, -0.1) is 0 Å². The minimum absolute atomic E-state index is 0.272. The van der Waals surface area contributed by atoms with E-state index in [-0.39, 0.29) is 25.7 Å². The Morgan fingerprint density at radius 2 is 0.770 bits per heavy atom. The molecule has 0 bridgehead atoms. The van der Waals surface area contributed by atoms with Gasteiger partial charge in [-0.05, 0) is 12.8 Å². The van der Waals surface area contributed by atoms with Crippen molar-refractivity contribution in [2.24, 2.45) is 0 Å². The van der Waals surface area contributed by atoms with E-state index in [0.717, 1.165) is 51.4 Å². The lowest BCUT2D eigenvalue weighted by Gasteiger charge is -2.55. The highest BCUT2D eigenvalue weighted by Crippen LogP contribution is 2.47. The molecule has 13 nitrogen and oxygen atoms in total. The van der Waals surface area contributed by atoms with Crippen LogP contribution in [0.25, 0.3) is 0 Å². The largest absolute Gasteiger partial charge is 0.394 e. The van der Waals surface area contributed by atoms with Gasteiger partial charge in [0.2, 0.25) is 11.4 Å². The van der Waals surface area contributed by atoms with Crippen LogP contribution in [0.5, 0.6) is 0 Å². The Kier molecular flexibility index (Phi) is 29.1. The second-order valence-electron chi connectivity index (χ2n) is 18.2. The monoisotopic (exact) mass is 875 g/mol. The van der Waals surface area contributed by atoms with Crippen LogP contribution in [0, 0.1) is 0 Å². The number of carbonyl (C=O) groups is 2. The molecule has 2 rings (SSSR count). The predicted octanol–water partition coefficient (Wildman–Crippen LogP) is 7.01. The van der Waals surface area contributed by atoms with Gasteiger partial charge in [0, 0.05) is 12.8 Å². The maximum Gasteiger partial charge on any atom is 0.271 e. The number of hydrogen-bond acceptors (Lipinski definition) is 13. The molecule has 0 radical (unpaired) electrons. The number of Topliss-reactive ketones (excluding diaryl/α,β-unsaturated/α-hetero) is 2. The van der Waals surface area contributed by atoms with E-state index in [1.54, 1.807) is 0 Å². The zero-order chi connectivity index (χ0) is 45.0. The van der Waals surface area contributed by atoms with E-state index < -0.39 is 85.2 Å². The third kappa shape index (κ3) is 17.3. The van der Waals surface area contributed by atoms with Crippen LogP contribution in [-0.2, 0) is 23.8 Å². The molecule has 13 heteroatoms. The molecule has 61 heavy (non-hydrogen) atoms. The number of hydrogen-bond donors (Lipinski definition) is 8. The highest BCUT2D eigenvalue weighted by Gasteiger charge is 2.74. The molecule has 2 fully saturated rings. The lowest BCUT2D eigenvalue weighted by molar-refractivity contribution is -0.431. The van der Waals surface area contributed by atoms with Crippen LogP contribution >= 0.6 is 0 Å². The predicted molar refractivity (Wildman–Crippen MR) is 236 cm³/mol. The van der Waals surface area contributed by atoms with E-state index in [1.165, 1.54) is 116 Å². The molecule has 0 spiro atoms. The number of ether oxygens (including phenoxy) is 3. The molecule has 0 saturated carbocycles. The van der Waals surface area contributed by atoms with Gasteiger partial charge < -0.3 is 55.1 Å². The van der Waals surface area contributed by atoms with Crippen LogP contribution < -0.4 is 0 Å². The van der Waals surface area contributed by atoms with Gasteiger partial charge in [-0.3, -0.25) is 9.59 Å². The molecule has 2 aliphatic rings. The van der Waals surface area contributed by atoms with Crippen LogP contribution in [0.3, 0.4) is 0 Å². The van der Waals surface area contributed by atoms with Crippen LogP contribution in [0.2, 0.25) is 0 Å². The van der Waals surface area contributed by atoms with Gasteiger partial charge >= 0.3 is 0 Å². The Labute approximate surface area is 368 Å². The molecule has 0 amide bonds. The van der Waals surface area contributed by atoms with Crippen molar-refractivity contribution in [1.82, 2.24) is 0 Å². The maximum absolute atomic E-state index is 14.5. The van der Waals surface area contributed by atoms with Crippen molar-refractivity contribution >= 4 is 11.6 Å². The Morgan fingerprint density at radius 3 is 1.10 bits per heavy atom. The molecule has 1 unspecified atom stereocenters. The summed E-state index contributed by atoms with van der Waals surface area (Å²) in [6.45, 7) is 1.43. The Hall–Kier alpha value is -1.10. The summed E-state index contributed by atoms with van der Waals surface area (Å²) in [6, 6.07) is 0. The molecule has 360 valence electrons. The van der Waals surface area contributed by atoms with E-state index in [0.29, 0.717) is 12.8 Å². The SMILES string of the molecule is CCCCCCCCCCCCCCCCCC(=O)[C@@]1(OC2(CO)O[C@H](CO)[C@@H](O)[C@@H]2O)O[C@H](CO)[C@@H](O)[C@H](O)[C@]1(O)C(=O)CCCCCCCCCCCCCCCCC. The molecule has 9 atom stereocenters. The summed E-state index contributed by atoms with van der Waals surface area (Å²) in [4.78, 5) is 28.7. The smallest absolute Gasteiger partial charge is 0.271 e. The average Bonchev–Trinajstić information content (AvgIpc) is 3.50. The van der Waals surface area contributed by atoms with Gasteiger partial charge in [0.25, 0.3) is 5.79 Å². The molecule has 2 aliphatic heterocycles. The Bertz CT molecular complexity index is 1140. The minimum Gasteiger partial charge on any atom is -0.394 e. The molecule has 0 aromatic heterocycles. The second-order valence-corrected chi connectivity index (χ2v) is 18.2. The quantitative estimate of drug-likeness (QED) is 0.0292. The third-order valence-corrected chi connectivity index (χ3v) is 13.2. The first kappa shape index (κ1) is 56.0. The van der Waals surface area contributed by atoms with E-state index in [1.807, 2.05) is 0 Å². The normalized spacial score (nSPS) is 29.1.